The third-order valence-electron chi connectivity index (χ3n) is 3.22. The molecule has 25 heavy (non-hydrogen) atoms. The van der Waals surface area contributed by atoms with Gasteiger partial charge in [-0.25, -0.2) is 9.55 Å². The molecule has 1 unspecified atom stereocenters. The molecule has 2 rings (SSSR count). The highest BCUT2D eigenvalue weighted by Gasteiger charge is 2.20. The molecule has 0 radical (unpaired) electrons. The van der Waals surface area contributed by atoms with Crippen LogP contribution in [0.15, 0.2) is 36.7 Å². The van der Waals surface area contributed by atoms with E-state index in [1.165, 1.54) is 0 Å². The second kappa shape index (κ2) is 9.62. The van der Waals surface area contributed by atoms with Crippen LogP contribution in [0, 0.1) is 12.3 Å². The van der Waals surface area contributed by atoms with Crippen LogP contribution in [0.25, 0.3) is 0 Å². The molecular weight excluding hydrogens is 361 g/mol. The first-order chi connectivity index (χ1) is 12.0. The maximum Gasteiger partial charge on any atom is 0.432 e. The molecule has 0 aliphatic carbocycles. The third kappa shape index (κ3) is 7.31. The normalized spacial score (nSPS) is 13.2. The number of nitrogens with zero attached hydrogens (tertiary/aromatic N) is 1. The van der Waals surface area contributed by atoms with Gasteiger partial charge in [-0.2, -0.15) is 11.8 Å². The van der Waals surface area contributed by atoms with E-state index in [0.29, 0.717) is 6.54 Å². The van der Waals surface area contributed by atoms with Crippen molar-refractivity contribution in [2.24, 2.45) is 0 Å². The summed E-state index contributed by atoms with van der Waals surface area (Å²) in [7, 11) is -4.07. The van der Waals surface area contributed by atoms with E-state index in [-0.39, 0.29) is 12.6 Å². The van der Waals surface area contributed by atoms with E-state index >= 15 is 0 Å². The Morgan fingerprint density at radius 2 is 2.20 bits per heavy atom. The number of rotatable bonds is 9. The monoisotopic (exact) mass is 383 g/mol. The van der Waals surface area contributed by atoms with Crippen molar-refractivity contribution in [3.8, 4) is 0 Å². The third-order valence-corrected chi connectivity index (χ3v) is 5.18. The fourth-order valence-corrected chi connectivity index (χ4v) is 3.52. The van der Waals surface area contributed by atoms with E-state index < -0.39 is 7.75 Å². The summed E-state index contributed by atoms with van der Waals surface area (Å²) in [5.41, 5.74) is 2.84. The van der Waals surface area contributed by atoms with E-state index in [2.05, 4.69) is 20.4 Å². The van der Waals surface area contributed by atoms with E-state index in [9.17, 15) is 9.46 Å². The van der Waals surface area contributed by atoms with Gasteiger partial charge in [0.1, 0.15) is 0 Å². The lowest BCUT2D eigenvalue weighted by atomic mass is 10.2. The summed E-state index contributed by atoms with van der Waals surface area (Å²) in [5.74, 6) is 1.27. The second-order valence-electron chi connectivity index (χ2n) is 5.22. The summed E-state index contributed by atoms with van der Waals surface area (Å²) in [6.45, 7) is 2.45. The summed E-state index contributed by atoms with van der Waals surface area (Å²) >= 11 is 1.66. The first-order valence-corrected chi connectivity index (χ1v) is 10.4. The molecule has 0 fully saturated rings. The van der Waals surface area contributed by atoms with E-state index in [4.69, 9.17) is 9.93 Å². The Kier molecular flexibility index (Phi) is 7.52. The number of hydrogen-bond donors (Lipinski definition) is 5. The standard InChI is InChI=1S/C15H22N5O3PS/c1-12-14(19-11-18-12)10-25-8-7-17-15(16)20-24(21,22)23-9-13-5-3-2-4-6-13/h2-6,11H,7-10H2,1H3,(H,18,19)(H4,16,17,20,21,22). The first kappa shape index (κ1) is 19.5. The van der Waals surface area contributed by atoms with Crippen LogP contribution in [0.4, 0.5) is 0 Å². The summed E-state index contributed by atoms with van der Waals surface area (Å²) in [6.07, 6.45) is 1.66. The minimum Gasteiger partial charge on any atom is -0.355 e. The van der Waals surface area contributed by atoms with Gasteiger partial charge >= 0.3 is 7.75 Å². The molecule has 0 aliphatic rings. The average molecular weight is 383 g/mol. The van der Waals surface area contributed by atoms with Gasteiger partial charge in [-0.3, -0.25) is 15.0 Å². The van der Waals surface area contributed by atoms with E-state index in [1.807, 2.05) is 25.1 Å². The molecule has 0 saturated carbocycles. The number of benzene rings is 1. The van der Waals surface area contributed by atoms with Gasteiger partial charge in [0.25, 0.3) is 0 Å². The van der Waals surface area contributed by atoms with Crippen molar-refractivity contribution in [3.05, 3.63) is 53.6 Å². The average Bonchev–Trinajstić information content (AvgIpc) is 2.98. The molecule has 1 aromatic heterocycles. The molecule has 0 spiro atoms. The molecule has 0 bridgehead atoms. The molecule has 2 aromatic rings. The van der Waals surface area contributed by atoms with Crippen LogP contribution in [-0.4, -0.2) is 33.1 Å². The molecule has 10 heteroatoms. The Balaban J connectivity index is 1.61. The van der Waals surface area contributed by atoms with Crippen molar-refractivity contribution in [1.82, 2.24) is 20.4 Å². The largest absolute Gasteiger partial charge is 0.432 e. The second-order valence-corrected chi connectivity index (χ2v) is 7.85. The van der Waals surface area contributed by atoms with Gasteiger partial charge < -0.3 is 15.2 Å². The number of imidazole rings is 1. The van der Waals surface area contributed by atoms with Crippen molar-refractivity contribution >= 4 is 25.5 Å². The van der Waals surface area contributed by atoms with Gasteiger partial charge in [0.15, 0.2) is 5.96 Å². The smallest absolute Gasteiger partial charge is 0.355 e. The maximum absolute atomic E-state index is 11.9. The molecule has 1 aromatic carbocycles. The molecular formula is C15H22N5O3PS. The van der Waals surface area contributed by atoms with Crippen molar-refractivity contribution in [1.29, 1.82) is 5.41 Å². The van der Waals surface area contributed by atoms with Crippen LogP contribution in [0.2, 0.25) is 0 Å². The number of hydrogen-bond acceptors (Lipinski definition) is 5. The number of guanidine groups is 1. The minimum absolute atomic E-state index is 0.00618. The Bertz CT molecular complexity index is 725. The number of nitrogens with one attached hydrogen (secondary N) is 4. The predicted molar refractivity (Wildman–Crippen MR) is 99.4 cm³/mol. The van der Waals surface area contributed by atoms with Crippen molar-refractivity contribution < 1.29 is 14.0 Å². The van der Waals surface area contributed by atoms with Crippen molar-refractivity contribution in [3.63, 3.8) is 0 Å². The van der Waals surface area contributed by atoms with Gasteiger partial charge in [0, 0.05) is 23.7 Å². The van der Waals surface area contributed by atoms with Gasteiger partial charge in [0.05, 0.1) is 18.6 Å². The number of thioether (sulfide) groups is 1. The summed E-state index contributed by atoms with van der Waals surface area (Å²) in [5, 5.41) is 12.6. The van der Waals surface area contributed by atoms with Crippen LogP contribution in [0.1, 0.15) is 17.0 Å². The highest BCUT2D eigenvalue weighted by Crippen LogP contribution is 2.37. The summed E-state index contributed by atoms with van der Waals surface area (Å²) in [6, 6.07) is 9.08. The van der Waals surface area contributed by atoms with Gasteiger partial charge in [-0.1, -0.05) is 30.3 Å². The number of H-pyrrole nitrogens is 1. The van der Waals surface area contributed by atoms with Gasteiger partial charge in [-0.05, 0) is 12.5 Å². The molecule has 136 valence electrons. The number of aryl methyl sites for hydroxylation is 1. The van der Waals surface area contributed by atoms with Gasteiger partial charge in [0.2, 0.25) is 0 Å². The topological polar surface area (TPSA) is 123 Å². The quantitative estimate of drug-likeness (QED) is 0.195. The SMILES string of the molecule is Cc1[nH]cnc1CSCCNC(=N)NP(=O)(O)OCc1ccccc1. The molecule has 8 nitrogen and oxygen atoms in total. The van der Waals surface area contributed by atoms with Crippen LogP contribution < -0.4 is 10.4 Å². The molecule has 0 saturated heterocycles. The van der Waals surface area contributed by atoms with Crippen LogP contribution in [0.5, 0.6) is 0 Å². The lowest BCUT2D eigenvalue weighted by molar-refractivity contribution is 0.246. The summed E-state index contributed by atoms with van der Waals surface area (Å²) in [4.78, 5) is 17.0. The molecule has 0 aliphatic heterocycles. The zero-order valence-corrected chi connectivity index (χ0v) is 15.6. The van der Waals surface area contributed by atoms with Crippen LogP contribution >= 0.6 is 19.5 Å². The van der Waals surface area contributed by atoms with Crippen LogP contribution in [-0.2, 0) is 21.4 Å². The Morgan fingerprint density at radius 3 is 2.88 bits per heavy atom. The Labute approximate surface area is 150 Å². The molecule has 1 heterocycles. The van der Waals surface area contributed by atoms with E-state index in [1.54, 1.807) is 30.2 Å². The lowest BCUT2D eigenvalue weighted by Gasteiger charge is -2.15. The highest BCUT2D eigenvalue weighted by atomic mass is 32.2. The predicted octanol–water partition coefficient (Wildman–Crippen LogP) is 2.38. The number of aromatic amines is 1. The minimum atomic E-state index is -4.07. The Morgan fingerprint density at radius 1 is 1.44 bits per heavy atom. The van der Waals surface area contributed by atoms with Crippen molar-refractivity contribution in [2.45, 2.75) is 19.3 Å². The molecule has 5 N–H and O–H groups in total. The van der Waals surface area contributed by atoms with Crippen molar-refractivity contribution in [2.75, 3.05) is 12.3 Å². The highest BCUT2D eigenvalue weighted by molar-refractivity contribution is 7.98. The first-order valence-electron chi connectivity index (χ1n) is 7.65. The zero-order chi connectivity index (χ0) is 18.1. The lowest BCUT2D eigenvalue weighted by Crippen LogP contribution is -2.36. The number of aromatic nitrogens is 2. The molecule has 0 amide bonds. The van der Waals surface area contributed by atoms with Crippen LogP contribution in [0.3, 0.4) is 0 Å². The summed E-state index contributed by atoms with van der Waals surface area (Å²) < 4.78 is 16.9. The fourth-order valence-electron chi connectivity index (χ4n) is 1.90. The molecule has 1 atom stereocenters. The maximum atomic E-state index is 11.9. The Hall–Kier alpha value is -1.80. The van der Waals surface area contributed by atoms with Gasteiger partial charge in [-0.15, -0.1) is 0 Å². The fraction of sp³-hybridized carbons (Fsp3) is 0.333. The van der Waals surface area contributed by atoms with E-state index in [0.717, 1.165) is 28.5 Å². The zero-order valence-electron chi connectivity index (χ0n) is 13.9.